The highest BCUT2D eigenvalue weighted by atomic mass is 16.5. The van der Waals surface area contributed by atoms with Crippen LogP contribution in [0.4, 0.5) is 0 Å². The van der Waals surface area contributed by atoms with Crippen LogP contribution in [0, 0.1) is 24.7 Å². The number of ether oxygens (including phenoxy) is 4. The third-order valence-corrected chi connectivity index (χ3v) is 7.99. The van der Waals surface area contributed by atoms with Gasteiger partial charge in [-0.05, 0) is 93.1 Å². The summed E-state index contributed by atoms with van der Waals surface area (Å²) in [5, 5.41) is 0. The van der Waals surface area contributed by atoms with Gasteiger partial charge in [-0.2, -0.15) is 0 Å². The highest BCUT2D eigenvalue weighted by Crippen LogP contribution is 2.58. The molecule has 0 aromatic heterocycles. The zero-order valence-electron chi connectivity index (χ0n) is 23.4. The van der Waals surface area contributed by atoms with Crippen LogP contribution < -0.4 is 18.9 Å². The van der Waals surface area contributed by atoms with Crippen molar-refractivity contribution >= 4 is 11.1 Å². The minimum Gasteiger partial charge on any atom is -0.493 e. The Hall–Kier alpha value is -5.32. The number of hydrogen-bond acceptors (Lipinski definition) is 4. The third kappa shape index (κ3) is 3.96. The van der Waals surface area contributed by atoms with Gasteiger partial charge in [-0.1, -0.05) is 48.3 Å². The van der Waals surface area contributed by atoms with Gasteiger partial charge in [0.15, 0.2) is 23.0 Å². The van der Waals surface area contributed by atoms with Gasteiger partial charge in [0.25, 0.3) is 0 Å². The van der Waals surface area contributed by atoms with Crippen LogP contribution in [0.3, 0.4) is 0 Å². The predicted molar refractivity (Wildman–Crippen MR) is 163 cm³/mol. The molecule has 0 heterocycles. The first-order valence-corrected chi connectivity index (χ1v) is 13.1. The van der Waals surface area contributed by atoms with Gasteiger partial charge in [0.1, 0.15) is 0 Å². The van der Waals surface area contributed by atoms with E-state index in [2.05, 4.69) is 72.5 Å². The first kappa shape index (κ1) is 25.9. The monoisotopic (exact) mass is 536 g/mol. The molecule has 4 heteroatoms. The molecule has 4 nitrogen and oxygen atoms in total. The number of rotatable bonds is 6. The molecule has 0 aliphatic heterocycles. The van der Waals surface area contributed by atoms with E-state index in [9.17, 15) is 0 Å². The summed E-state index contributed by atoms with van der Waals surface area (Å²) in [4.78, 5) is 0. The Labute approximate surface area is 240 Å². The molecular weight excluding hydrogens is 508 g/mol. The molecule has 4 aromatic carbocycles. The molecule has 6 rings (SSSR count). The Morgan fingerprint density at radius 3 is 1.17 bits per heavy atom. The summed E-state index contributed by atoms with van der Waals surface area (Å²) in [7, 11) is 6.62. The van der Waals surface area contributed by atoms with Crippen LogP contribution in [0.5, 0.6) is 23.0 Å². The summed E-state index contributed by atoms with van der Waals surface area (Å²) >= 11 is 0. The Morgan fingerprint density at radius 1 is 0.512 bits per heavy atom. The Bertz CT molecular complexity index is 1690. The Kier molecular flexibility index (Phi) is 6.33. The smallest absolute Gasteiger partial charge is 0.161 e. The van der Waals surface area contributed by atoms with Crippen LogP contribution in [0.15, 0.2) is 84.9 Å². The molecule has 0 fully saturated rings. The average Bonchev–Trinajstić information content (AvgIpc) is 3.53. The second-order valence-electron chi connectivity index (χ2n) is 9.93. The zero-order valence-corrected chi connectivity index (χ0v) is 23.4. The summed E-state index contributed by atoms with van der Waals surface area (Å²) in [5.41, 5.74) is 9.55. The minimum absolute atomic E-state index is 0.621. The van der Waals surface area contributed by atoms with Crippen molar-refractivity contribution in [3.63, 3.8) is 0 Å². The number of hydrogen-bond donors (Lipinski definition) is 0. The van der Waals surface area contributed by atoms with E-state index in [1.165, 1.54) is 0 Å². The number of terminal acetylenes is 2. The molecule has 41 heavy (non-hydrogen) atoms. The largest absolute Gasteiger partial charge is 0.493 e. The van der Waals surface area contributed by atoms with Crippen molar-refractivity contribution < 1.29 is 18.9 Å². The fourth-order valence-electron chi connectivity index (χ4n) is 5.97. The average molecular weight is 537 g/mol. The van der Waals surface area contributed by atoms with Crippen molar-refractivity contribution in [1.82, 2.24) is 0 Å². The Morgan fingerprint density at radius 2 is 0.854 bits per heavy atom. The van der Waals surface area contributed by atoms with E-state index < -0.39 is 5.41 Å². The SMILES string of the molecule is C#Cc1ccc(C2=CC3(C=C(c4ccc(C#C)cc4)c4cc(OC)c(OC)cc43)c3cc(OC)c(OC)cc32)cc1. The lowest BCUT2D eigenvalue weighted by Gasteiger charge is -2.25. The summed E-state index contributed by atoms with van der Waals surface area (Å²) in [6, 6.07) is 24.4. The van der Waals surface area contributed by atoms with Gasteiger partial charge in [-0.3, -0.25) is 0 Å². The molecule has 0 saturated carbocycles. The number of allylic oxidation sites excluding steroid dienone is 2. The second-order valence-corrected chi connectivity index (χ2v) is 9.93. The van der Waals surface area contributed by atoms with E-state index in [-0.39, 0.29) is 0 Å². The van der Waals surface area contributed by atoms with E-state index in [0.717, 1.165) is 55.7 Å². The van der Waals surface area contributed by atoms with Crippen molar-refractivity contribution in [2.75, 3.05) is 28.4 Å². The van der Waals surface area contributed by atoms with Crippen LogP contribution in [-0.4, -0.2) is 28.4 Å². The fraction of sp³-hybridized carbons (Fsp3) is 0.135. The molecule has 0 atom stereocenters. The van der Waals surface area contributed by atoms with Crippen molar-refractivity contribution in [2.45, 2.75) is 5.41 Å². The highest BCUT2D eigenvalue weighted by Gasteiger charge is 2.45. The van der Waals surface area contributed by atoms with Crippen LogP contribution in [0.2, 0.25) is 0 Å². The van der Waals surface area contributed by atoms with Crippen molar-refractivity contribution in [1.29, 1.82) is 0 Å². The molecule has 0 bridgehead atoms. The standard InChI is InChI=1S/C37H28O4/c1-7-23-9-13-25(14-10-23)29-21-37(31-19-35(40-5)33(38-3)17-27(29)31)22-30(26-15-11-24(8-2)12-16-26)28-18-34(39-4)36(41-6)20-32(28)37/h1-2,9-22H,3-6H3. The molecule has 0 saturated heterocycles. The maximum Gasteiger partial charge on any atom is 0.161 e. The lowest BCUT2D eigenvalue weighted by molar-refractivity contribution is 0.353. The summed E-state index contributed by atoms with van der Waals surface area (Å²) in [6.07, 6.45) is 15.9. The highest BCUT2D eigenvalue weighted by molar-refractivity contribution is 5.97. The van der Waals surface area contributed by atoms with E-state index >= 15 is 0 Å². The van der Waals surface area contributed by atoms with Gasteiger partial charge in [-0.25, -0.2) is 0 Å². The van der Waals surface area contributed by atoms with Crippen LogP contribution in [-0.2, 0) is 5.41 Å². The molecule has 200 valence electrons. The third-order valence-electron chi connectivity index (χ3n) is 7.99. The van der Waals surface area contributed by atoms with E-state index in [4.69, 9.17) is 31.8 Å². The first-order chi connectivity index (χ1) is 20.0. The van der Waals surface area contributed by atoms with Crippen LogP contribution in [0.25, 0.3) is 11.1 Å². The maximum absolute atomic E-state index is 5.79. The molecule has 0 unspecified atom stereocenters. The van der Waals surface area contributed by atoms with Gasteiger partial charge < -0.3 is 18.9 Å². The van der Waals surface area contributed by atoms with Crippen molar-refractivity contribution in [3.8, 4) is 47.7 Å². The van der Waals surface area contributed by atoms with Crippen LogP contribution in [0.1, 0.15) is 44.5 Å². The molecule has 0 N–H and O–H groups in total. The fourth-order valence-corrected chi connectivity index (χ4v) is 5.97. The predicted octanol–water partition coefficient (Wildman–Crippen LogP) is 6.86. The van der Waals surface area contributed by atoms with E-state index in [0.29, 0.717) is 23.0 Å². The first-order valence-electron chi connectivity index (χ1n) is 13.1. The number of methoxy groups -OCH3 is 4. The van der Waals surface area contributed by atoms with Crippen molar-refractivity contribution in [3.05, 3.63) is 129 Å². The van der Waals surface area contributed by atoms with Gasteiger partial charge in [0.05, 0.1) is 33.9 Å². The summed E-state index contributed by atoms with van der Waals surface area (Å²) < 4.78 is 23.0. The molecule has 2 aliphatic carbocycles. The lowest BCUT2D eigenvalue weighted by Crippen LogP contribution is -2.19. The molecule has 0 radical (unpaired) electrons. The van der Waals surface area contributed by atoms with Gasteiger partial charge in [-0.15, -0.1) is 12.8 Å². The maximum atomic E-state index is 5.79. The van der Waals surface area contributed by atoms with Crippen molar-refractivity contribution in [2.24, 2.45) is 0 Å². The molecule has 1 spiro atoms. The van der Waals surface area contributed by atoms with E-state index in [1.54, 1.807) is 28.4 Å². The Balaban J connectivity index is 1.69. The minimum atomic E-state index is -0.621. The second kappa shape index (κ2) is 10.0. The molecule has 2 aliphatic rings. The quantitative estimate of drug-likeness (QED) is 0.252. The topological polar surface area (TPSA) is 36.9 Å². The van der Waals surface area contributed by atoms with Gasteiger partial charge >= 0.3 is 0 Å². The number of fused-ring (bicyclic) bond motifs is 4. The van der Waals surface area contributed by atoms with E-state index in [1.807, 2.05) is 24.3 Å². The van der Waals surface area contributed by atoms with Gasteiger partial charge in [0.2, 0.25) is 0 Å². The number of benzene rings is 4. The molecular formula is C37H28O4. The summed E-state index contributed by atoms with van der Waals surface area (Å²) in [6.45, 7) is 0. The molecule has 0 amide bonds. The summed E-state index contributed by atoms with van der Waals surface area (Å²) in [5.74, 6) is 8.06. The molecule has 4 aromatic rings. The lowest BCUT2D eigenvalue weighted by atomic mass is 9.78. The van der Waals surface area contributed by atoms with Gasteiger partial charge in [0, 0.05) is 11.1 Å². The van der Waals surface area contributed by atoms with Crippen LogP contribution >= 0.6 is 0 Å². The zero-order chi connectivity index (χ0) is 28.7. The normalized spacial score (nSPS) is 13.8.